The van der Waals surface area contributed by atoms with Crippen LogP contribution < -0.4 is 4.90 Å². The number of nitrogens with zero attached hydrogens (tertiary/aromatic N) is 4. The summed E-state index contributed by atoms with van der Waals surface area (Å²) >= 11 is 3.06. The molecule has 0 saturated carbocycles. The summed E-state index contributed by atoms with van der Waals surface area (Å²) in [6.45, 7) is 7.41. The average molecular weight is 451 g/mol. The third-order valence-electron chi connectivity index (χ3n) is 5.17. The van der Waals surface area contributed by atoms with E-state index < -0.39 is 0 Å². The van der Waals surface area contributed by atoms with E-state index >= 15 is 0 Å². The van der Waals surface area contributed by atoms with E-state index in [0.29, 0.717) is 5.75 Å². The third kappa shape index (κ3) is 5.80. The molecule has 1 amide bonds. The molecule has 1 aliphatic rings. The molecule has 2 aromatic carbocycles. The Bertz CT molecular complexity index is 1050. The summed E-state index contributed by atoms with van der Waals surface area (Å²) in [5.41, 5.74) is 3.71. The van der Waals surface area contributed by atoms with E-state index in [1.54, 1.807) is 24.2 Å². The van der Waals surface area contributed by atoms with Crippen LogP contribution in [0.1, 0.15) is 11.1 Å². The zero-order valence-corrected chi connectivity index (χ0v) is 19.5. The van der Waals surface area contributed by atoms with Crippen LogP contribution in [0.25, 0.3) is 0 Å². The first-order valence-corrected chi connectivity index (χ1v) is 12.2. The molecule has 31 heavy (non-hydrogen) atoms. The van der Waals surface area contributed by atoms with Crippen LogP contribution in [-0.4, -0.2) is 52.7 Å². The number of carbonyl (C=O) groups is 1. The minimum Gasteiger partial charge on any atom is -0.368 e. The lowest BCUT2D eigenvalue weighted by molar-refractivity contribution is -0.128. The Morgan fingerprint density at radius 3 is 2.29 bits per heavy atom. The van der Waals surface area contributed by atoms with Gasteiger partial charge < -0.3 is 9.80 Å². The van der Waals surface area contributed by atoms with Gasteiger partial charge in [0.05, 0.1) is 5.75 Å². The number of aryl methyl sites for hydroxylation is 2. The number of aromatic nitrogens is 2. The van der Waals surface area contributed by atoms with E-state index in [0.717, 1.165) is 41.1 Å². The molecule has 1 aromatic heterocycles. The molecule has 160 valence electrons. The maximum absolute atomic E-state index is 12.8. The number of benzene rings is 2. The molecule has 5 nitrogen and oxygen atoms in total. The minimum atomic E-state index is 0.158. The molecule has 0 N–H and O–H groups in total. The SMILES string of the molecule is Cc1cccc(Sc2nccnc2SCC(=O)N2CCN(c3cccc(C)c3)CC2)c1. The second-order valence-corrected chi connectivity index (χ2v) is 9.61. The van der Waals surface area contributed by atoms with Gasteiger partial charge in [0.2, 0.25) is 5.91 Å². The van der Waals surface area contributed by atoms with Gasteiger partial charge in [-0.15, -0.1) is 0 Å². The van der Waals surface area contributed by atoms with Gasteiger partial charge in [-0.05, 0) is 43.7 Å². The molecule has 1 saturated heterocycles. The Kier molecular flexibility index (Phi) is 7.14. The van der Waals surface area contributed by atoms with Crippen molar-refractivity contribution >= 4 is 35.1 Å². The molecule has 0 atom stereocenters. The fourth-order valence-corrected chi connectivity index (χ4v) is 5.46. The molecular weight excluding hydrogens is 424 g/mol. The van der Waals surface area contributed by atoms with Crippen molar-refractivity contribution in [2.75, 3.05) is 36.8 Å². The minimum absolute atomic E-state index is 0.158. The Hall–Kier alpha value is -2.51. The van der Waals surface area contributed by atoms with Crippen LogP contribution in [0.2, 0.25) is 0 Å². The number of carbonyl (C=O) groups excluding carboxylic acids is 1. The highest BCUT2D eigenvalue weighted by atomic mass is 32.2. The number of hydrogen-bond acceptors (Lipinski definition) is 6. The standard InChI is InChI=1S/C24H26N4OS2/c1-18-5-3-7-20(15-18)27-11-13-28(14-12-27)22(29)17-30-23-24(26-10-9-25-23)31-21-8-4-6-19(2)16-21/h3-10,15-16H,11-14,17H2,1-2H3. The average Bonchev–Trinajstić information content (AvgIpc) is 2.78. The second-order valence-electron chi connectivity index (χ2n) is 7.58. The van der Waals surface area contributed by atoms with E-state index in [1.165, 1.54) is 28.6 Å². The van der Waals surface area contributed by atoms with Crippen molar-refractivity contribution in [3.8, 4) is 0 Å². The summed E-state index contributed by atoms with van der Waals surface area (Å²) < 4.78 is 0. The lowest BCUT2D eigenvalue weighted by atomic mass is 10.2. The van der Waals surface area contributed by atoms with Crippen molar-refractivity contribution in [2.45, 2.75) is 28.8 Å². The van der Waals surface area contributed by atoms with Gasteiger partial charge in [-0.25, -0.2) is 9.97 Å². The summed E-state index contributed by atoms with van der Waals surface area (Å²) in [7, 11) is 0. The van der Waals surface area contributed by atoms with Gasteiger partial charge in [0.15, 0.2) is 0 Å². The Morgan fingerprint density at radius 2 is 1.58 bits per heavy atom. The summed E-state index contributed by atoms with van der Waals surface area (Å²) in [4.78, 5) is 27.2. The summed E-state index contributed by atoms with van der Waals surface area (Å²) in [5, 5.41) is 1.65. The number of anilines is 1. The second kappa shape index (κ2) is 10.2. The number of amides is 1. The first-order valence-electron chi connectivity index (χ1n) is 10.4. The predicted molar refractivity (Wildman–Crippen MR) is 128 cm³/mol. The molecule has 0 radical (unpaired) electrons. The molecule has 3 aromatic rings. The monoisotopic (exact) mass is 450 g/mol. The smallest absolute Gasteiger partial charge is 0.233 e. The number of piperazine rings is 1. The number of hydrogen-bond donors (Lipinski definition) is 0. The molecular formula is C24H26N4OS2. The van der Waals surface area contributed by atoms with Gasteiger partial charge in [0, 0.05) is 49.2 Å². The summed E-state index contributed by atoms with van der Waals surface area (Å²) in [6.07, 6.45) is 3.39. The number of thioether (sulfide) groups is 1. The van der Waals surface area contributed by atoms with Crippen molar-refractivity contribution in [3.63, 3.8) is 0 Å². The van der Waals surface area contributed by atoms with Gasteiger partial charge in [-0.1, -0.05) is 53.4 Å². The lowest BCUT2D eigenvalue weighted by Crippen LogP contribution is -2.49. The summed E-state index contributed by atoms with van der Waals surface area (Å²) in [5.74, 6) is 0.538. The fraction of sp³-hybridized carbons (Fsp3) is 0.292. The van der Waals surface area contributed by atoms with Crippen molar-refractivity contribution in [3.05, 3.63) is 72.1 Å². The predicted octanol–water partition coefficient (Wildman–Crippen LogP) is 4.69. The quantitative estimate of drug-likeness (QED) is 0.508. The van der Waals surface area contributed by atoms with Gasteiger partial charge in [0.1, 0.15) is 10.1 Å². The largest absolute Gasteiger partial charge is 0.368 e. The molecule has 0 spiro atoms. The molecule has 0 bridgehead atoms. The zero-order valence-electron chi connectivity index (χ0n) is 17.8. The van der Waals surface area contributed by atoms with E-state index in [2.05, 4.69) is 71.2 Å². The highest BCUT2D eigenvalue weighted by Gasteiger charge is 2.22. The van der Waals surface area contributed by atoms with E-state index in [1.807, 2.05) is 11.0 Å². The molecule has 1 fully saturated rings. The Morgan fingerprint density at radius 1 is 0.903 bits per heavy atom. The Balaban J connectivity index is 1.32. The van der Waals surface area contributed by atoms with Crippen molar-refractivity contribution in [2.24, 2.45) is 0 Å². The number of rotatable bonds is 6. The molecule has 0 unspecified atom stereocenters. The topological polar surface area (TPSA) is 49.3 Å². The molecule has 2 heterocycles. The van der Waals surface area contributed by atoms with Gasteiger partial charge in [-0.2, -0.15) is 0 Å². The van der Waals surface area contributed by atoms with E-state index in [9.17, 15) is 4.79 Å². The van der Waals surface area contributed by atoms with E-state index in [4.69, 9.17) is 0 Å². The maximum atomic E-state index is 12.8. The fourth-order valence-electron chi connectivity index (χ4n) is 3.53. The van der Waals surface area contributed by atoms with Crippen LogP contribution in [0.15, 0.2) is 75.9 Å². The first kappa shape index (κ1) is 21.7. The van der Waals surface area contributed by atoms with Crippen molar-refractivity contribution < 1.29 is 4.79 Å². The van der Waals surface area contributed by atoms with Gasteiger partial charge in [0.25, 0.3) is 0 Å². The van der Waals surface area contributed by atoms with Crippen LogP contribution in [0, 0.1) is 13.8 Å². The normalized spacial score (nSPS) is 14.0. The van der Waals surface area contributed by atoms with Crippen molar-refractivity contribution in [1.82, 2.24) is 14.9 Å². The molecule has 0 aliphatic carbocycles. The van der Waals surface area contributed by atoms with E-state index in [-0.39, 0.29) is 5.91 Å². The summed E-state index contributed by atoms with van der Waals surface area (Å²) in [6, 6.07) is 16.9. The maximum Gasteiger partial charge on any atom is 0.233 e. The van der Waals surface area contributed by atoms with Crippen LogP contribution in [-0.2, 0) is 4.79 Å². The third-order valence-corrected chi connectivity index (χ3v) is 7.24. The highest BCUT2D eigenvalue weighted by molar-refractivity contribution is 8.02. The first-order chi connectivity index (χ1) is 15.1. The Labute approximate surface area is 192 Å². The van der Waals surface area contributed by atoms with Crippen LogP contribution in [0.4, 0.5) is 5.69 Å². The molecule has 4 rings (SSSR count). The zero-order chi connectivity index (χ0) is 21.6. The lowest BCUT2D eigenvalue weighted by Gasteiger charge is -2.36. The highest BCUT2D eigenvalue weighted by Crippen LogP contribution is 2.33. The van der Waals surface area contributed by atoms with Crippen LogP contribution in [0.3, 0.4) is 0 Å². The molecule has 1 aliphatic heterocycles. The van der Waals surface area contributed by atoms with Crippen LogP contribution >= 0.6 is 23.5 Å². The van der Waals surface area contributed by atoms with Gasteiger partial charge in [-0.3, -0.25) is 4.79 Å². The molecule has 7 heteroatoms. The van der Waals surface area contributed by atoms with Crippen molar-refractivity contribution in [1.29, 1.82) is 0 Å². The van der Waals surface area contributed by atoms with Crippen LogP contribution in [0.5, 0.6) is 0 Å². The van der Waals surface area contributed by atoms with Gasteiger partial charge >= 0.3 is 0 Å².